The van der Waals surface area contributed by atoms with Crippen molar-refractivity contribution in [2.45, 2.75) is 25.9 Å². The Kier molecular flexibility index (Phi) is 4.35. The molecule has 1 unspecified atom stereocenters. The summed E-state index contributed by atoms with van der Waals surface area (Å²) in [5, 5.41) is 3.51. The summed E-state index contributed by atoms with van der Waals surface area (Å²) in [6.45, 7) is 4.43. The minimum atomic E-state index is 0.627. The molecule has 0 aliphatic carbocycles. The molecule has 1 aliphatic heterocycles. The van der Waals surface area contributed by atoms with E-state index in [1.807, 2.05) is 11.8 Å². The lowest BCUT2D eigenvalue weighted by Crippen LogP contribution is -2.30. The molecule has 0 saturated carbocycles. The Balaban J connectivity index is 2.06. The Morgan fingerprint density at radius 3 is 3.06 bits per heavy atom. The van der Waals surface area contributed by atoms with Crippen LogP contribution in [0.4, 0.5) is 5.69 Å². The summed E-state index contributed by atoms with van der Waals surface area (Å²) in [4.78, 5) is 2.44. The van der Waals surface area contributed by atoms with Gasteiger partial charge in [0, 0.05) is 30.6 Å². The molecule has 0 fully saturated rings. The Hall–Kier alpha value is -0.670. The van der Waals surface area contributed by atoms with Gasteiger partial charge in [-0.2, -0.15) is 11.8 Å². The predicted octanol–water partition coefficient (Wildman–Crippen LogP) is 2.84. The summed E-state index contributed by atoms with van der Waals surface area (Å²) in [6, 6.07) is 7.31. The highest BCUT2D eigenvalue weighted by atomic mass is 32.2. The molecule has 2 rings (SSSR count). The molecule has 94 valence electrons. The monoisotopic (exact) mass is 250 g/mol. The Morgan fingerprint density at radius 1 is 1.47 bits per heavy atom. The van der Waals surface area contributed by atoms with Crippen LogP contribution >= 0.6 is 11.8 Å². The van der Waals surface area contributed by atoms with Crippen molar-refractivity contribution in [3.05, 3.63) is 29.3 Å². The van der Waals surface area contributed by atoms with E-state index in [0.717, 1.165) is 13.1 Å². The highest BCUT2D eigenvalue weighted by Gasteiger charge is 2.16. The molecule has 0 aromatic heterocycles. The van der Waals surface area contributed by atoms with E-state index in [2.05, 4.69) is 48.6 Å². The van der Waals surface area contributed by atoms with Gasteiger partial charge in [0.2, 0.25) is 0 Å². The number of para-hydroxylation sites is 1. The summed E-state index contributed by atoms with van der Waals surface area (Å²) in [6.07, 6.45) is 3.35. The van der Waals surface area contributed by atoms with Crippen LogP contribution in [0, 0.1) is 0 Å². The minimum Gasteiger partial charge on any atom is -0.384 e. The van der Waals surface area contributed by atoms with Gasteiger partial charge in [-0.15, -0.1) is 0 Å². The number of nitrogens with zero attached hydrogens (tertiary/aromatic N) is 1. The van der Waals surface area contributed by atoms with Gasteiger partial charge in [-0.25, -0.2) is 0 Å². The molecule has 0 amide bonds. The van der Waals surface area contributed by atoms with Crippen molar-refractivity contribution in [1.82, 2.24) is 4.90 Å². The first-order valence-electron chi connectivity index (χ1n) is 6.26. The van der Waals surface area contributed by atoms with Crippen molar-refractivity contribution in [1.29, 1.82) is 0 Å². The molecule has 0 spiro atoms. The fourth-order valence-electron chi connectivity index (χ4n) is 2.34. The molecule has 0 saturated heterocycles. The lowest BCUT2D eigenvalue weighted by Gasteiger charge is -2.25. The van der Waals surface area contributed by atoms with E-state index in [9.17, 15) is 0 Å². The van der Waals surface area contributed by atoms with E-state index in [1.54, 1.807) is 0 Å². The first kappa shape index (κ1) is 12.8. The Labute approximate surface area is 109 Å². The minimum absolute atomic E-state index is 0.627. The zero-order valence-electron chi connectivity index (χ0n) is 11.0. The van der Waals surface area contributed by atoms with Crippen molar-refractivity contribution in [2.75, 3.05) is 30.9 Å². The summed E-state index contributed by atoms with van der Waals surface area (Å²) in [7, 11) is 2.22. The highest BCUT2D eigenvalue weighted by molar-refractivity contribution is 7.98. The second kappa shape index (κ2) is 5.78. The van der Waals surface area contributed by atoms with Crippen molar-refractivity contribution in [3.8, 4) is 0 Å². The van der Waals surface area contributed by atoms with E-state index in [-0.39, 0.29) is 0 Å². The fourth-order valence-corrected chi connectivity index (χ4v) is 3.07. The largest absolute Gasteiger partial charge is 0.384 e. The molecule has 1 heterocycles. The Bertz CT molecular complexity index is 378. The van der Waals surface area contributed by atoms with Gasteiger partial charge < -0.3 is 5.32 Å². The van der Waals surface area contributed by atoms with Gasteiger partial charge >= 0.3 is 0 Å². The molecule has 0 radical (unpaired) electrons. The first-order valence-corrected chi connectivity index (χ1v) is 7.65. The maximum absolute atomic E-state index is 3.51. The van der Waals surface area contributed by atoms with Crippen LogP contribution in [0.1, 0.15) is 18.1 Å². The van der Waals surface area contributed by atoms with Crippen LogP contribution in [0.3, 0.4) is 0 Å². The molecule has 2 nitrogen and oxygen atoms in total. The first-order chi connectivity index (χ1) is 8.22. The lowest BCUT2D eigenvalue weighted by atomic mass is 10.1. The number of anilines is 1. The smallest absolute Gasteiger partial charge is 0.0419 e. The van der Waals surface area contributed by atoms with E-state index < -0.39 is 0 Å². The number of thioether (sulfide) groups is 1. The normalized spacial score (nSPS) is 15.8. The quantitative estimate of drug-likeness (QED) is 0.865. The lowest BCUT2D eigenvalue weighted by molar-refractivity contribution is 0.270. The molecule has 1 aliphatic rings. The predicted molar refractivity (Wildman–Crippen MR) is 77.9 cm³/mol. The number of nitrogens with one attached hydrogen (secondary N) is 1. The average Bonchev–Trinajstić information content (AvgIpc) is 2.78. The van der Waals surface area contributed by atoms with Crippen LogP contribution in [-0.2, 0) is 13.0 Å². The third-order valence-corrected chi connectivity index (χ3v) is 4.33. The van der Waals surface area contributed by atoms with Crippen LogP contribution in [0.15, 0.2) is 18.2 Å². The third-order valence-electron chi connectivity index (χ3n) is 3.51. The van der Waals surface area contributed by atoms with E-state index in [0.29, 0.717) is 6.04 Å². The molecule has 1 aromatic carbocycles. The van der Waals surface area contributed by atoms with Crippen LogP contribution in [0.25, 0.3) is 0 Å². The topological polar surface area (TPSA) is 15.3 Å². The standard InChI is InChI=1S/C14H22N2S/c1-11(10-17-3)16(2)9-13-6-4-5-12-7-8-15-14(12)13/h4-6,11,15H,7-10H2,1-3H3. The number of benzene rings is 1. The van der Waals surface area contributed by atoms with Crippen molar-refractivity contribution in [2.24, 2.45) is 0 Å². The van der Waals surface area contributed by atoms with Gasteiger partial charge in [0.25, 0.3) is 0 Å². The van der Waals surface area contributed by atoms with Crippen LogP contribution in [-0.4, -0.2) is 36.5 Å². The molecule has 1 aromatic rings. The van der Waals surface area contributed by atoms with Gasteiger partial charge in [0.05, 0.1) is 0 Å². The summed E-state index contributed by atoms with van der Waals surface area (Å²) in [5.41, 5.74) is 4.31. The van der Waals surface area contributed by atoms with Crippen LogP contribution < -0.4 is 5.32 Å². The average molecular weight is 250 g/mol. The van der Waals surface area contributed by atoms with E-state index >= 15 is 0 Å². The molecular weight excluding hydrogens is 228 g/mol. The second-order valence-electron chi connectivity index (χ2n) is 4.85. The summed E-state index contributed by atoms with van der Waals surface area (Å²) < 4.78 is 0. The number of hydrogen-bond acceptors (Lipinski definition) is 3. The zero-order valence-corrected chi connectivity index (χ0v) is 11.8. The van der Waals surface area contributed by atoms with Gasteiger partial charge in [0.15, 0.2) is 0 Å². The highest BCUT2D eigenvalue weighted by Crippen LogP contribution is 2.27. The number of fused-ring (bicyclic) bond motifs is 1. The number of rotatable bonds is 5. The van der Waals surface area contributed by atoms with Crippen molar-refractivity contribution in [3.63, 3.8) is 0 Å². The zero-order chi connectivity index (χ0) is 12.3. The SMILES string of the molecule is CSCC(C)N(C)Cc1cccc2c1NCC2. The van der Waals surface area contributed by atoms with Crippen LogP contribution in [0.5, 0.6) is 0 Å². The molecule has 3 heteroatoms. The maximum atomic E-state index is 3.51. The molecule has 17 heavy (non-hydrogen) atoms. The molecule has 0 bridgehead atoms. The second-order valence-corrected chi connectivity index (χ2v) is 5.76. The third kappa shape index (κ3) is 2.96. The van der Waals surface area contributed by atoms with Gasteiger partial charge in [0.1, 0.15) is 0 Å². The number of hydrogen-bond donors (Lipinski definition) is 1. The maximum Gasteiger partial charge on any atom is 0.0419 e. The van der Waals surface area contributed by atoms with E-state index in [4.69, 9.17) is 0 Å². The molecular formula is C14H22N2S. The van der Waals surface area contributed by atoms with Crippen LogP contribution in [0.2, 0.25) is 0 Å². The van der Waals surface area contributed by atoms with Gasteiger partial charge in [-0.3, -0.25) is 4.90 Å². The van der Waals surface area contributed by atoms with Gasteiger partial charge in [-0.05, 0) is 37.8 Å². The molecule has 1 N–H and O–H groups in total. The molecule has 1 atom stereocenters. The van der Waals surface area contributed by atoms with E-state index in [1.165, 1.54) is 29.0 Å². The van der Waals surface area contributed by atoms with Crippen molar-refractivity contribution >= 4 is 17.4 Å². The Morgan fingerprint density at radius 2 is 2.29 bits per heavy atom. The fraction of sp³-hybridized carbons (Fsp3) is 0.571. The summed E-state index contributed by atoms with van der Waals surface area (Å²) >= 11 is 1.92. The van der Waals surface area contributed by atoms with Crippen molar-refractivity contribution < 1.29 is 0 Å². The summed E-state index contributed by atoms with van der Waals surface area (Å²) in [5.74, 6) is 1.19. The van der Waals surface area contributed by atoms with Gasteiger partial charge in [-0.1, -0.05) is 18.2 Å².